The molecule has 0 saturated heterocycles. The Morgan fingerprint density at radius 3 is 2.50 bits per heavy atom. The van der Waals surface area contributed by atoms with Crippen molar-refractivity contribution in [2.45, 2.75) is 60.2 Å². The van der Waals surface area contributed by atoms with Gasteiger partial charge in [-0.2, -0.15) is 5.10 Å². The van der Waals surface area contributed by atoms with Crippen LogP contribution in [0.4, 0.5) is 10.7 Å². The van der Waals surface area contributed by atoms with Crippen molar-refractivity contribution in [2.24, 2.45) is 5.73 Å². The fourth-order valence-corrected chi connectivity index (χ4v) is 3.75. The molecule has 192 valence electrons. The zero-order valence-electron chi connectivity index (χ0n) is 21.5. The Morgan fingerprint density at radius 1 is 1.14 bits per heavy atom. The average molecular weight is 496 g/mol. The molecule has 0 bridgehead atoms. The summed E-state index contributed by atoms with van der Waals surface area (Å²) in [5, 5.41) is 9.87. The number of hydrogen-bond donors (Lipinski definition) is 3. The number of nitrogens with zero attached hydrogens (tertiary/aromatic N) is 4. The molecular formula is C25H33N7O4. The van der Waals surface area contributed by atoms with Crippen molar-refractivity contribution in [2.75, 3.05) is 11.9 Å². The minimum Gasteiger partial charge on any atom is -0.444 e. The third-order valence-electron chi connectivity index (χ3n) is 5.19. The largest absolute Gasteiger partial charge is 0.444 e. The van der Waals surface area contributed by atoms with Crippen LogP contribution in [-0.2, 0) is 17.8 Å². The van der Waals surface area contributed by atoms with Gasteiger partial charge in [-0.25, -0.2) is 9.78 Å². The zero-order chi connectivity index (χ0) is 26.6. The van der Waals surface area contributed by atoms with Crippen LogP contribution in [0.15, 0.2) is 30.4 Å². The summed E-state index contributed by atoms with van der Waals surface area (Å²) < 4.78 is 8.68. The number of rotatable bonds is 8. The number of aryl methyl sites for hydroxylation is 3. The molecule has 3 amide bonds. The van der Waals surface area contributed by atoms with Crippen LogP contribution in [0.3, 0.4) is 0 Å². The van der Waals surface area contributed by atoms with E-state index in [1.807, 2.05) is 31.4 Å². The van der Waals surface area contributed by atoms with Gasteiger partial charge in [0.1, 0.15) is 11.3 Å². The maximum atomic E-state index is 13.1. The lowest BCUT2D eigenvalue weighted by Crippen LogP contribution is -2.32. The molecule has 0 aliphatic carbocycles. The summed E-state index contributed by atoms with van der Waals surface area (Å²) in [5.74, 6) is -0.598. The number of aromatic nitrogens is 4. The lowest BCUT2D eigenvalue weighted by atomic mass is 10.1. The van der Waals surface area contributed by atoms with E-state index in [0.717, 1.165) is 16.8 Å². The fraction of sp³-hybridized carbons (Fsp3) is 0.400. The molecule has 2 heterocycles. The van der Waals surface area contributed by atoms with Crippen molar-refractivity contribution < 1.29 is 19.1 Å². The highest BCUT2D eigenvalue weighted by Crippen LogP contribution is 2.25. The van der Waals surface area contributed by atoms with Crippen LogP contribution in [0, 0.1) is 13.8 Å². The van der Waals surface area contributed by atoms with E-state index in [4.69, 9.17) is 10.5 Å². The number of carbonyl (C=O) groups is 3. The number of allylic oxidation sites excluding steroid dienone is 1. The minimum atomic E-state index is -0.580. The molecule has 3 aromatic rings. The first-order chi connectivity index (χ1) is 16.9. The Labute approximate surface area is 209 Å². The molecule has 1 aromatic carbocycles. The van der Waals surface area contributed by atoms with Crippen LogP contribution in [-0.4, -0.2) is 49.4 Å². The van der Waals surface area contributed by atoms with Gasteiger partial charge in [-0.05, 0) is 65.3 Å². The Kier molecular flexibility index (Phi) is 7.81. The molecule has 0 saturated carbocycles. The molecule has 11 nitrogen and oxygen atoms in total. The van der Waals surface area contributed by atoms with Crippen molar-refractivity contribution in [1.82, 2.24) is 24.6 Å². The van der Waals surface area contributed by atoms with E-state index >= 15 is 0 Å². The van der Waals surface area contributed by atoms with E-state index in [-0.39, 0.29) is 12.5 Å². The first-order valence-electron chi connectivity index (χ1n) is 11.7. The number of ether oxygens (including phenoxy) is 1. The van der Waals surface area contributed by atoms with Gasteiger partial charge in [0.15, 0.2) is 0 Å². The number of nitrogens with one attached hydrogen (secondary N) is 2. The molecule has 11 heteroatoms. The minimum absolute atomic E-state index is 0.267. The van der Waals surface area contributed by atoms with Crippen LogP contribution in [0.25, 0.3) is 11.0 Å². The number of alkyl carbamates (subject to hydrolysis) is 1. The van der Waals surface area contributed by atoms with E-state index in [2.05, 4.69) is 20.7 Å². The van der Waals surface area contributed by atoms with Gasteiger partial charge in [-0.1, -0.05) is 12.2 Å². The maximum absolute atomic E-state index is 13.1. The number of amides is 3. The number of nitrogens with two attached hydrogens (primary N) is 1. The molecule has 4 N–H and O–H groups in total. The van der Waals surface area contributed by atoms with Crippen LogP contribution in [0.1, 0.15) is 59.8 Å². The third kappa shape index (κ3) is 6.29. The summed E-state index contributed by atoms with van der Waals surface area (Å²) in [6, 6.07) is 5.01. The Morgan fingerprint density at radius 2 is 1.86 bits per heavy atom. The predicted molar refractivity (Wildman–Crippen MR) is 137 cm³/mol. The van der Waals surface area contributed by atoms with E-state index < -0.39 is 17.6 Å². The van der Waals surface area contributed by atoms with Gasteiger partial charge in [0.2, 0.25) is 11.9 Å². The molecule has 0 unspecified atom stereocenters. The normalized spacial score (nSPS) is 11.7. The fourth-order valence-electron chi connectivity index (χ4n) is 3.75. The monoisotopic (exact) mass is 495 g/mol. The van der Waals surface area contributed by atoms with Gasteiger partial charge >= 0.3 is 6.09 Å². The highest BCUT2D eigenvalue weighted by atomic mass is 16.6. The first-order valence-corrected chi connectivity index (χ1v) is 11.7. The Hall–Kier alpha value is -4.15. The van der Waals surface area contributed by atoms with Gasteiger partial charge in [0.25, 0.3) is 5.91 Å². The van der Waals surface area contributed by atoms with Gasteiger partial charge in [0, 0.05) is 25.2 Å². The van der Waals surface area contributed by atoms with Gasteiger partial charge in [-0.15, -0.1) is 0 Å². The zero-order valence-corrected chi connectivity index (χ0v) is 21.5. The second kappa shape index (κ2) is 10.6. The molecule has 3 rings (SSSR count). The topological polar surface area (TPSA) is 146 Å². The van der Waals surface area contributed by atoms with Gasteiger partial charge in [-0.3, -0.25) is 19.6 Å². The quantitative estimate of drug-likeness (QED) is 0.409. The summed E-state index contributed by atoms with van der Waals surface area (Å²) in [7, 11) is 0. The van der Waals surface area contributed by atoms with Crippen molar-refractivity contribution in [3.05, 3.63) is 52.9 Å². The lowest BCUT2D eigenvalue weighted by molar-refractivity contribution is 0.0533. The lowest BCUT2D eigenvalue weighted by Gasteiger charge is -2.19. The Balaban J connectivity index is 1.89. The SMILES string of the molecule is CCn1nc(C)cc1C(=O)Nc1nc2cc(C(N)=O)cc(C)c2n1C/C=C/CNC(=O)OC(C)(C)C. The smallest absolute Gasteiger partial charge is 0.407 e. The highest BCUT2D eigenvalue weighted by molar-refractivity contribution is 6.03. The van der Waals surface area contributed by atoms with Crippen molar-refractivity contribution >= 4 is 34.9 Å². The third-order valence-corrected chi connectivity index (χ3v) is 5.19. The van der Waals surface area contributed by atoms with Crippen LogP contribution in [0.2, 0.25) is 0 Å². The number of hydrogen-bond acceptors (Lipinski definition) is 6. The highest BCUT2D eigenvalue weighted by Gasteiger charge is 2.20. The summed E-state index contributed by atoms with van der Waals surface area (Å²) in [5.41, 5.74) is 8.44. The number of imidazole rings is 1. The molecule has 2 aromatic heterocycles. The standard InChI is InChI=1S/C25H33N7O4/c1-7-32-19(13-16(3)30-32)22(34)29-23-28-18-14-17(21(26)33)12-15(2)20(18)31(23)11-9-8-10-27-24(35)36-25(4,5)6/h8-9,12-14H,7,10-11H2,1-6H3,(H2,26,33)(H,27,35)(H,28,29,34)/b9-8+. The molecule has 0 atom stereocenters. The number of fused-ring (bicyclic) bond motifs is 1. The molecular weight excluding hydrogens is 462 g/mol. The summed E-state index contributed by atoms with van der Waals surface area (Å²) in [6.45, 7) is 12.1. The van der Waals surface area contributed by atoms with Gasteiger partial charge in [0.05, 0.1) is 16.7 Å². The van der Waals surface area contributed by atoms with E-state index in [0.29, 0.717) is 35.8 Å². The first kappa shape index (κ1) is 26.5. The Bertz CT molecular complexity index is 1330. The predicted octanol–water partition coefficient (Wildman–Crippen LogP) is 3.30. The molecule has 0 aliphatic heterocycles. The van der Waals surface area contributed by atoms with E-state index in [1.54, 1.807) is 49.7 Å². The second-order valence-electron chi connectivity index (χ2n) is 9.37. The summed E-state index contributed by atoms with van der Waals surface area (Å²) in [4.78, 5) is 41.3. The van der Waals surface area contributed by atoms with Crippen molar-refractivity contribution in [1.29, 1.82) is 0 Å². The molecule has 0 radical (unpaired) electrons. The number of anilines is 1. The average Bonchev–Trinajstić information content (AvgIpc) is 3.32. The number of carbonyl (C=O) groups excluding carboxylic acids is 3. The van der Waals surface area contributed by atoms with Gasteiger partial charge < -0.3 is 20.4 Å². The van der Waals surface area contributed by atoms with Crippen LogP contribution >= 0.6 is 0 Å². The molecule has 36 heavy (non-hydrogen) atoms. The molecule has 0 spiro atoms. The molecule has 0 fully saturated rings. The van der Waals surface area contributed by atoms with E-state index in [9.17, 15) is 14.4 Å². The summed E-state index contributed by atoms with van der Waals surface area (Å²) in [6.07, 6.45) is 3.12. The van der Waals surface area contributed by atoms with Crippen LogP contribution in [0.5, 0.6) is 0 Å². The van der Waals surface area contributed by atoms with E-state index in [1.165, 1.54) is 0 Å². The molecule has 0 aliphatic rings. The van der Waals surface area contributed by atoms with Crippen LogP contribution < -0.4 is 16.4 Å². The second-order valence-corrected chi connectivity index (χ2v) is 9.37. The van der Waals surface area contributed by atoms with Crippen molar-refractivity contribution in [3.8, 4) is 0 Å². The summed E-state index contributed by atoms with van der Waals surface area (Å²) >= 11 is 0. The number of primary amides is 1. The van der Waals surface area contributed by atoms with Crippen molar-refractivity contribution in [3.63, 3.8) is 0 Å². The maximum Gasteiger partial charge on any atom is 0.407 e. The number of benzene rings is 1.